The van der Waals surface area contributed by atoms with Gasteiger partial charge in [-0.15, -0.1) is 0 Å². The number of rotatable bonds is 3. The summed E-state index contributed by atoms with van der Waals surface area (Å²) in [6.45, 7) is 0. The first-order valence-electron chi connectivity index (χ1n) is 14.3. The van der Waals surface area contributed by atoms with Crippen molar-refractivity contribution in [2.24, 2.45) is 0 Å². The van der Waals surface area contributed by atoms with Crippen LogP contribution in [0.2, 0.25) is 0 Å². The minimum Gasteiger partial charge on any atom is -0.309 e. The van der Waals surface area contributed by atoms with Crippen molar-refractivity contribution in [1.82, 2.24) is 14.1 Å². The normalized spacial score (nSPS) is 11.8. The summed E-state index contributed by atoms with van der Waals surface area (Å²) in [5.74, 6) is 0. The Morgan fingerprint density at radius 2 is 1.02 bits per heavy atom. The Morgan fingerprint density at radius 1 is 0.405 bits per heavy atom. The summed E-state index contributed by atoms with van der Waals surface area (Å²) in [5, 5.41) is 7.37. The average molecular weight is 536 g/mol. The molecule has 3 nitrogen and oxygen atoms in total. The van der Waals surface area contributed by atoms with Gasteiger partial charge in [-0.1, -0.05) is 91.0 Å². The third kappa shape index (κ3) is 3.25. The van der Waals surface area contributed by atoms with Crippen LogP contribution in [0, 0.1) is 0 Å². The van der Waals surface area contributed by atoms with E-state index in [0.717, 1.165) is 16.6 Å². The smallest absolute Gasteiger partial charge is 0.0572 e. The second kappa shape index (κ2) is 8.92. The van der Waals surface area contributed by atoms with Gasteiger partial charge in [0.05, 0.1) is 22.1 Å². The third-order valence-electron chi connectivity index (χ3n) is 8.59. The molecule has 0 bridgehead atoms. The average Bonchev–Trinajstić information content (AvgIpc) is 3.58. The van der Waals surface area contributed by atoms with Crippen LogP contribution < -0.4 is 0 Å². The Hall–Kier alpha value is -5.67. The van der Waals surface area contributed by atoms with E-state index in [1.54, 1.807) is 0 Å². The van der Waals surface area contributed by atoms with E-state index in [1.807, 2.05) is 12.4 Å². The van der Waals surface area contributed by atoms with Gasteiger partial charge in [0.15, 0.2) is 0 Å². The summed E-state index contributed by atoms with van der Waals surface area (Å²) >= 11 is 0. The largest absolute Gasteiger partial charge is 0.309 e. The number of nitrogens with zero attached hydrogens (tertiary/aromatic N) is 3. The second-order valence-corrected chi connectivity index (χ2v) is 10.8. The molecule has 0 radical (unpaired) electrons. The SMILES string of the molecule is c1ccc(-n2c3ccncc3c3c(-c4cccc5c4c4ccccc4n5-c4ccc5ccccc5c4)cccc32)cc1. The van der Waals surface area contributed by atoms with E-state index in [0.29, 0.717) is 0 Å². The van der Waals surface area contributed by atoms with E-state index in [2.05, 4.69) is 154 Å². The lowest BCUT2D eigenvalue weighted by molar-refractivity contribution is 1.17. The standard InChI is InChI=1S/C39H25N3/c1-2-12-28(13-3-1)41-35-22-23-40-25-33(35)39-31(16-9-19-37(39)41)30-15-8-18-36-38(30)32-14-6-7-17-34(32)42(36)29-21-20-26-10-4-5-11-27(26)24-29/h1-25H. The van der Waals surface area contributed by atoms with Gasteiger partial charge < -0.3 is 9.13 Å². The van der Waals surface area contributed by atoms with Gasteiger partial charge >= 0.3 is 0 Å². The maximum atomic E-state index is 4.57. The molecule has 0 amide bonds. The van der Waals surface area contributed by atoms with Gasteiger partial charge in [0.1, 0.15) is 0 Å². The Morgan fingerprint density at radius 3 is 1.83 bits per heavy atom. The van der Waals surface area contributed by atoms with Crippen molar-refractivity contribution in [3.8, 4) is 22.5 Å². The van der Waals surface area contributed by atoms with Crippen LogP contribution in [-0.4, -0.2) is 14.1 Å². The predicted molar refractivity (Wildman–Crippen MR) is 176 cm³/mol. The Labute approximate surface area is 242 Å². The van der Waals surface area contributed by atoms with Crippen molar-refractivity contribution in [3.63, 3.8) is 0 Å². The van der Waals surface area contributed by atoms with Gasteiger partial charge in [-0.25, -0.2) is 0 Å². The molecule has 0 aliphatic rings. The van der Waals surface area contributed by atoms with E-state index in [9.17, 15) is 0 Å². The quantitative estimate of drug-likeness (QED) is 0.221. The molecule has 196 valence electrons. The van der Waals surface area contributed by atoms with Crippen LogP contribution in [0.5, 0.6) is 0 Å². The van der Waals surface area contributed by atoms with Crippen molar-refractivity contribution in [2.45, 2.75) is 0 Å². The summed E-state index contributed by atoms with van der Waals surface area (Å²) in [4.78, 5) is 4.57. The lowest BCUT2D eigenvalue weighted by Gasteiger charge is -2.11. The van der Waals surface area contributed by atoms with Crippen molar-refractivity contribution < 1.29 is 0 Å². The first-order chi connectivity index (χ1) is 20.9. The first-order valence-corrected chi connectivity index (χ1v) is 14.3. The van der Waals surface area contributed by atoms with E-state index in [4.69, 9.17) is 0 Å². The van der Waals surface area contributed by atoms with Crippen molar-refractivity contribution >= 4 is 54.4 Å². The highest BCUT2D eigenvalue weighted by Gasteiger charge is 2.20. The molecule has 0 spiro atoms. The number of hydrogen-bond donors (Lipinski definition) is 0. The number of aromatic nitrogens is 3. The zero-order valence-corrected chi connectivity index (χ0v) is 22.8. The molecule has 9 aromatic rings. The molecule has 42 heavy (non-hydrogen) atoms. The summed E-state index contributed by atoms with van der Waals surface area (Å²) in [5.41, 5.74) is 9.49. The summed E-state index contributed by atoms with van der Waals surface area (Å²) in [6, 6.07) is 50.2. The molecule has 0 N–H and O–H groups in total. The molecule has 3 aromatic heterocycles. The van der Waals surface area contributed by atoms with Crippen LogP contribution >= 0.6 is 0 Å². The number of hydrogen-bond acceptors (Lipinski definition) is 1. The van der Waals surface area contributed by atoms with Crippen LogP contribution in [-0.2, 0) is 0 Å². The minimum absolute atomic E-state index is 1.15. The summed E-state index contributed by atoms with van der Waals surface area (Å²) in [6.07, 6.45) is 3.90. The van der Waals surface area contributed by atoms with Crippen LogP contribution in [0.4, 0.5) is 0 Å². The summed E-state index contributed by atoms with van der Waals surface area (Å²) in [7, 11) is 0. The highest BCUT2D eigenvalue weighted by Crippen LogP contribution is 2.43. The van der Waals surface area contributed by atoms with Gasteiger partial charge in [-0.3, -0.25) is 4.98 Å². The zero-order chi connectivity index (χ0) is 27.6. The van der Waals surface area contributed by atoms with Crippen LogP contribution in [0.3, 0.4) is 0 Å². The van der Waals surface area contributed by atoms with Gasteiger partial charge in [0.2, 0.25) is 0 Å². The molecule has 0 saturated heterocycles. The number of fused-ring (bicyclic) bond motifs is 7. The number of para-hydroxylation sites is 2. The minimum atomic E-state index is 1.15. The molecule has 0 fully saturated rings. The molecule has 0 atom stereocenters. The lowest BCUT2D eigenvalue weighted by atomic mass is 9.95. The van der Waals surface area contributed by atoms with Gasteiger partial charge in [0, 0.05) is 45.3 Å². The predicted octanol–water partition coefficient (Wildman–Crippen LogP) is 10.1. The number of pyridine rings is 1. The Kier molecular flexibility index (Phi) is 4.90. The molecule has 3 heteroatoms. The van der Waals surface area contributed by atoms with E-state index < -0.39 is 0 Å². The highest BCUT2D eigenvalue weighted by atomic mass is 15.0. The monoisotopic (exact) mass is 535 g/mol. The third-order valence-corrected chi connectivity index (χ3v) is 8.59. The van der Waals surface area contributed by atoms with Crippen molar-refractivity contribution in [3.05, 3.63) is 152 Å². The maximum absolute atomic E-state index is 4.57. The Bertz CT molecular complexity index is 2460. The topological polar surface area (TPSA) is 22.8 Å². The molecule has 0 unspecified atom stereocenters. The molecular weight excluding hydrogens is 510 g/mol. The Balaban J connectivity index is 1.39. The van der Waals surface area contributed by atoms with Crippen molar-refractivity contribution in [2.75, 3.05) is 0 Å². The van der Waals surface area contributed by atoms with Gasteiger partial charge in [0.25, 0.3) is 0 Å². The zero-order valence-electron chi connectivity index (χ0n) is 22.8. The molecule has 3 heterocycles. The van der Waals surface area contributed by atoms with E-state index >= 15 is 0 Å². The van der Waals surface area contributed by atoms with Gasteiger partial charge in [-0.2, -0.15) is 0 Å². The molecule has 0 aliphatic carbocycles. The lowest BCUT2D eigenvalue weighted by Crippen LogP contribution is -1.94. The molecular formula is C39H25N3. The fourth-order valence-electron chi connectivity index (χ4n) is 6.83. The molecule has 0 saturated carbocycles. The van der Waals surface area contributed by atoms with Crippen molar-refractivity contribution in [1.29, 1.82) is 0 Å². The highest BCUT2D eigenvalue weighted by molar-refractivity contribution is 6.22. The second-order valence-electron chi connectivity index (χ2n) is 10.8. The molecule has 0 aliphatic heterocycles. The fourth-order valence-corrected chi connectivity index (χ4v) is 6.83. The summed E-state index contributed by atoms with van der Waals surface area (Å²) < 4.78 is 4.77. The van der Waals surface area contributed by atoms with Crippen LogP contribution in [0.15, 0.2) is 152 Å². The fraction of sp³-hybridized carbons (Fsp3) is 0. The number of benzene rings is 6. The van der Waals surface area contributed by atoms with Crippen LogP contribution in [0.1, 0.15) is 0 Å². The maximum Gasteiger partial charge on any atom is 0.0572 e. The van der Waals surface area contributed by atoms with Crippen LogP contribution in [0.25, 0.3) is 76.9 Å². The molecule has 9 rings (SSSR count). The van der Waals surface area contributed by atoms with E-state index in [1.165, 1.54) is 60.3 Å². The van der Waals surface area contributed by atoms with E-state index in [-0.39, 0.29) is 0 Å². The van der Waals surface area contributed by atoms with Gasteiger partial charge in [-0.05, 0) is 70.4 Å². The molecule has 6 aromatic carbocycles. The first kappa shape index (κ1) is 23.1.